The summed E-state index contributed by atoms with van der Waals surface area (Å²) in [6, 6.07) is 9.48. The average molecular weight is 246 g/mol. The van der Waals surface area contributed by atoms with E-state index >= 15 is 0 Å². The Labute approximate surface area is 104 Å². The van der Waals surface area contributed by atoms with Gasteiger partial charge in [0.25, 0.3) is 0 Å². The molecule has 0 saturated heterocycles. The van der Waals surface area contributed by atoms with Gasteiger partial charge >= 0.3 is 6.09 Å². The maximum Gasteiger partial charge on any atom is 0.407 e. The Balaban J connectivity index is 1.63. The largest absolute Gasteiger partial charge is 0.445 e. The van der Waals surface area contributed by atoms with Gasteiger partial charge in [-0.1, -0.05) is 30.3 Å². The number of hydrogen-bond acceptors (Lipinski definition) is 5. The first-order chi connectivity index (χ1) is 8.84. The van der Waals surface area contributed by atoms with Crippen LogP contribution in [0, 0.1) is 0 Å². The van der Waals surface area contributed by atoms with E-state index in [9.17, 15) is 4.79 Å². The van der Waals surface area contributed by atoms with Gasteiger partial charge in [0.15, 0.2) is 0 Å². The fourth-order valence-corrected chi connectivity index (χ4v) is 1.31. The average Bonchev–Trinajstić information content (AvgIpc) is 2.91. The maximum absolute atomic E-state index is 11.3. The minimum Gasteiger partial charge on any atom is -0.445 e. The third-order valence-electron chi connectivity index (χ3n) is 2.19. The molecule has 2 rings (SSSR count). The van der Waals surface area contributed by atoms with E-state index in [1.54, 1.807) is 0 Å². The molecule has 0 fully saturated rings. The summed E-state index contributed by atoms with van der Waals surface area (Å²) in [5.74, 6) is 0.498. The third-order valence-corrected chi connectivity index (χ3v) is 2.19. The Morgan fingerprint density at radius 3 is 2.89 bits per heavy atom. The fraction of sp³-hybridized carbons (Fsp3) is 0.273. The molecular formula is C11H12N5O2-. The second-order valence-corrected chi connectivity index (χ2v) is 3.53. The normalized spacial score (nSPS) is 10.0. The lowest BCUT2D eigenvalue weighted by atomic mass is 10.2. The van der Waals surface area contributed by atoms with Crippen LogP contribution in [0.25, 0.3) is 0 Å². The molecular weight excluding hydrogens is 234 g/mol. The van der Waals surface area contributed by atoms with Crippen LogP contribution in [0.2, 0.25) is 0 Å². The van der Waals surface area contributed by atoms with Crippen LogP contribution in [0.1, 0.15) is 11.4 Å². The van der Waals surface area contributed by atoms with Gasteiger partial charge in [0.1, 0.15) is 6.61 Å². The molecule has 0 atom stereocenters. The van der Waals surface area contributed by atoms with Crippen LogP contribution in [0.15, 0.2) is 30.3 Å². The molecule has 2 aromatic rings. The summed E-state index contributed by atoms with van der Waals surface area (Å²) >= 11 is 0. The number of alkyl carbamates (subject to hydrolysis) is 1. The van der Waals surface area contributed by atoms with Crippen LogP contribution < -0.4 is 10.4 Å². The van der Waals surface area contributed by atoms with Gasteiger partial charge in [-0.25, -0.2) is 4.79 Å². The minimum absolute atomic E-state index is 0.253. The predicted molar refractivity (Wildman–Crippen MR) is 61.5 cm³/mol. The van der Waals surface area contributed by atoms with Gasteiger partial charge in [0, 0.05) is 12.4 Å². The van der Waals surface area contributed by atoms with E-state index in [0.29, 0.717) is 18.8 Å². The summed E-state index contributed by atoms with van der Waals surface area (Å²) in [6.45, 7) is 0.643. The molecule has 0 bridgehead atoms. The van der Waals surface area contributed by atoms with Crippen LogP contribution in [0.3, 0.4) is 0 Å². The van der Waals surface area contributed by atoms with Gasteiger partial charge in [0.05, 0.1) is 0 Å². The van der Waals surface area contributed by atoms with E-state index in [0.717, 1.165) is 5.56 Å². The number of carbonyl (C=O) groups is 1. The first kappa shape index (κ1) is 12.0. The van der Waals surface area contributed by atoms with Crippen molar-refractivity contribution in [3.8, 4) is 0 Å². The zero-order valence-electron chi connectivity index (χ0n) is 9.61. The molecule has 7 nitrogen and oxygen atoms in total. The Hall–Kier alpha value is -2.44. The standard InChI is InChI=1S/C11H13N5O2/c17-11(12-7-6-10-13-15-16-14-10)18-8-9-4-2-1-3-5-9/h1-5H,6-8H2,(H2,12,13,14,15,16,17)/p-1. The molecule has 0 radical (unpaired) electrons. The van der Waals surface area contributed by atoms with Crippen LogP contribution in [0.4, 0.5) is 4.79 Å². The second kappa shape index (κ2) is 6.33. The van der Waals surface area contributed by atoms with Crippen molar-refractivity contribution in [3.63, 3.8) is 0 Å². The summed E-state index contributed by atoms with van der Waals surface area (Å²) in [6.07, 6.45) is 0.0132. The Morgan fingerprint density at radius 1 is 1.33 bits per heavy atom. The van der Waals surface area contributed by atoms with Gasteiger partial charge in [-0.05, 0) is 12.0 Å². The molecule has 0 spiro atoms. The molecule has 0 unspecified atom stereocenters. The number of hydrogen-bond donors (Lipinski definition) is 1. The lowest BCUT2D eigenvalue weighted by Gasteiger charge is -2.06. The minimum atomic E-state index is -0.466. The fourth-order valence-electron chi connectivity index (χ4n) is 1.31. The summed E-state index contributed by atoms with van der Waals surface area (Å²) in [4.78, 5) is 11.3. The smallest absolute Gasteiger partial charge is 0.407 e. The highest BCUT2D eigenvalue weighted by Gasteiger charge is 2.01. The number of tetrazole rings is 1. The number of ether oxygens (including phenoxy) is 1. The van der Waals surface area contributed by atoms with Crippen LogP contribution >= 0.6 is 0 Å². The highest BCUT2D eigenvalue weighted by molar-refractivity contribution is 5.67. The van der Waals surface area contributed by atoms with Crippen molar-refractivity contribution in [2.24, 2.45) is 0 Å². The number of amides is 1. The highest BCUT2D eigenvalue weighted by atomic mass is 16.5. The molecule has 1 amide bonds. The molecule has 0 aliphatic carbocycles. The van der Waals surface area contributed by atoms with Gasteiger partial charge in [0.2, 0.25) is 0 Å². The van der Waals surface area contributed by atoms with E-state index in [-0.39, 0.29) is 6.61 Å². The van der Waals surface area contributed by atoms with Gasteiger partial charge in [-0.2, -0.15) is 5.21 Å². The van der Waals surface area contributed by atoms with E-state index in [1.807, 2.05) is 30.3 Å². The zero-order valence-corrected chi connectivity index (χ0v) is 9.61. The summed E-state index contributed by atoms with van der Waals surface area (Å²) in [5, 5.41) is 16.6. The molecule has 94 valence electrons. The predicted octanol–water partition coefficient (Wildman–Crippen LogP) is 0.298. The van der Waals surface area contributed by atoms with Crippen molar-refractivity contribution < 1.29 is 9.53 Å². The zero-order chi connectivity index (χ0) is 12.6. The highest BCUT2D eigenvalue weighted by Crippen LogP contribution is 2.00. The SMILES string of the molecule is O=C(NCCc1nnn[n-]1)OCc1ccccc1. The quantitative estimate of drug-likeness (QED) is 0.815. The van der Waals surface area contributed by atoms with Crippen LogP contribution in [-0.4, -0.2) is 28.2 Å². The van der Waals surface area contributed by atoms with Crippen molar-refractivity contribution >= 4 is 6.09 Å². The summed E-state index contributed by atoms with van der Waals surface area (Å²) < 4.78 is 5.03. The molecule has 0 aliphatic rings. The van der Waals surface area contributed by atoms with Crippen molar-refractivity contribution in [3.05, 3.63) is 41.7 Å². The van der Waals surface area contributed by atoms with E-state index in [4.69, 9.17) is 4.74 Å². The lowest BCUT2D eigenvalue weighted by Crippen LogP contribution is -2.26. The Morgan fingerprint density at radius 2 is 2.17 bits per heavy atom. The van der Waals surface area contributed by atoms with Crippen LogP contribution in [-0.2, 0) is 17.8 Å². The number of aromatic nitrogens is 4. The van der Waals surface area contributed by atoms with Gasteiger partial charge in [-0.15, -0.1) is 0 Å². The molecule has 1 aromatic heterocycles. The molecule has 18 heavy (non-hydrogen) atoms. The monoisotopic (exact) mass is 246 g/mol. The van der Waals surface area contributed by atoms with Crippen LogP contribution in [0.5, 0.6) is 0 Å². The molecule has 1 aromatic carbocycles. The molecule has 0 saturated carbocycles. The summed E-state index contributed by atoms with van der Waals surface area (Å²) in [7, 11) is 0. The van der Waals surface area contributed by atoms with Gasteiger partial charge in [-0.3, -0.25) is 10.3 Å². The Kier molecular flexibility index (Phi) is 4.23. The number of benzene rings is 1. The van der Waals surface area contributed by atoms with Gasteiger partial charge < -0.3 is 15.2 Å². The number of rotatable bonds is 5. The van der Waals surface area contributed by atoms with Crippen molar-refractivity contribution in [1.29, 1.82) is 0 Å². The lowest BCUT2D eigenvalue weighted by molar-refractivity contribution is 0.140. The molecule has 0 aliphatic heterocycles. The topological polar surface area (TPSA) is 91.1 Å². The number of carbonyl (C=O) groups excluding carboxylic acids is 1. The van der Waals surface area contributed by atoms with E-state index in [1.165, 1.54) is 0 Å². The molecule has 1 heterocycles. The number of nitrogens with one attached hydrogen (secondary N) is 1. The van der Waals surface area contributed by atoms with Crippen molar-refractivity contribution in [2.75, 3.05) is 6.54 Å². The van der Waals surface area contributed by atoms with Crippen molar-refractivity contribution in [1.82, 2.24) is 25.9 Å². The first-order valence-corrected chi connectivity index (χ1v) is 5.47. The third kappa shape index (κ3) is 3.85. The first-order valence-electron chi connectivity index (χ1n) is 5.47. The van der Waals surface area contributed by atoms with E-state index in [2.05, 4.69) is 25.9 Å². The van der Waals surface area contributed by atoms with E-state index < -0.39 is 6.09 Å². The molecule has 1 N–H and O–H groups in total. The Bertz CT molecular complexity index is 471. The maximum atomic E-state index is 11.3. The number of nitrogens with zero attached hydrogens (tertiary/aromatic N) is 4. The van der Waals surface area contributed by atoms with Crippen molar-refractivity contribution in [2.45, 2.75) is 13.0 Å². The summed E-state index contributed by atoms with van der Waals surface area (Å²) in [5.41, 5.74) is 0.945. The molecule has 7 heteroatoms. The second-order valence-electron chi connectivity index (χ2n) is 3.53.